The van der Waals surface area contributed by atoms with Crippen LogP contribution in [0, 0.1) is 5.41 Å². The molecule has 1 rings (SSSR count). The molecule has 1 aliphatic rings. The summed E-state index contributed by atoms with van der Waals surface area (Å²) in [4.78, 5) is 23.3. The van der Waals surface area contributed by atoms with Gasteiger partial charge in [-0.1, -0.05) is 6.58 Å². The highest BCUT2D eigenvalue weighted by Gasteiger charge is 2.46. The van der Waals surface area contributed by atoms with E-state index in [1.807, 2.05) is 0 Å². The number of carbonyl (C=O) groups is 2. The minimum atomic E-state index is -0.986. The highest BCUT2D eigenvalue weighted by molar-refractivity contribution is 5.97. The van der Waals surface area contributed by atoms with Crippen LogP contribution in [0.4, 0.5) is 0 Å². The molecule has 0 aromatic rings. The van der Waals surface area contributed by atoms with Gasteiger partial charge in [0.05, 0.1) is 14.2 Å². The summed E-state index contributed by atoms with van der Waals surface area (Å²) in [5.74, 6) is -1.03. The van der Waals surface area contributed by atoms with Crippen molar-refractivity contribution in [3.05, 3.63) is 12.2 Å². The number of ether oxygens (including phenoxy) is 3. The van der Waals surface area contributed by atoms with Gasteiger partial charge in [-0.3, -0.25) is 4.79 Å². The molecule has 5 nitrogen and oxygen atoms in total. The summed E-state index contributed by atoms with van der Waals surface area (Å²) in [6.45, 7) is 4.48. The highest BCUT2D eigenvalue weighted by atomic mass is 16.5. The lowest BCUT2D eigenvalue weighted by Gasteiger charge is -2.34. The number of carbonyl (C=O) groups excluding carboxylic acids is 2. The minimum absolute atomic E-state index is 0.144. The zero-order chi connectivity index (χ0) is 12.2. The maximum atomic E-state index is 11.8. The molecule has 0 amide bonds. The van der Waals surface area contributed by atoms with Crippen molar-refractivity contribution < 1.29 is 23.8 Å². The molecule has 0 N–H and O–H groups in total. The average Bonchev–Trinajstić information content (AvgIpc) is 2.36. The summed E-state index contributed by atoms with van der Waals surface area (Å²) in [5.41, 5.74) is -0.842. The van der Waals surface area contributed by atoms with Crippen LogP contribution in [0.2, 0.25) is 0 Å². The van der Waals surface area contributed by atoms with Crippen molar-refractivity contribution in [3.8, 4) is 0 Å². The molecule has 5 heteroatoms. The smallest absolute Gasteiger partial charge is 0.334 e. The molecule has 0 saturated carbocycles. The van der Waals surface area contributed by atoms with Gasteiger partial charge in [-0.15, -0.1) is 0 Å². The van der Waals surface area contributed by atoms with Crippen LogP contribution in [0.15, 0.2) is 12.2 Å². The van der Waals surface area contributed by atoms with Gasteiger partial charge < -0.3 is 14.2 Å². The summed E-state index contributed by atoms with van der Waals surface area (Å²) in [7, 11) is 2.56. The Hall–Kier alpha value is -1.36. The summed E-state index contributed by atoms with van der Waals surface area (Å²) in [5, 5.41) is 0. The quantitative estimate of drug-likeness (QED) is 0.525. The van der Waals surface area contributed by atoms with Crippen LogP contribution in [-0.2, 0) is 23.8 Å². The van der Waals surface area contributed by atoms with Gasteiger partial charge in [-0.2, -0.15) is 0 Å². The zero-order valence-electron chi connectivity index (χ0n) is 9.58. The number of hydrogen-bond acceptors (Lipinski definition) is 5. The van der Waals surface area contributed by atoms with Gasteiger partial charge in [0, 0.05) is 18.8 Å². The fraction of sp³-hybridized carbons (Fsp3) is 0.636. The number of hydrogen-bond donors (Lipinski definition) is 0. The highest BCUT2D eigenvalue weighted by Crippen LogP contribution is 2.39. The normalized spacial score (nSPS) is 18.6. The third-order valence-corrected chi connectivity index (χ3v) is 2.93. The lowest BCUT2D eigenvalue weighted by atomic mass is 9.74. The van der Waals surface area contributed by atoms with E-state index in [0.717, 1.165) is 0 Å². The van der Waals surface area contributed by atoms with Crippen molar-refractivity contribution in [1.82, 2.24) is 0 Å². The fourth-order valence-electron chi connectivity index (χ4n) is 1.86. The zero-order valence-corrected chi connectivity index (χ0v) is 9.58. The Morgan fingerprint density at radius 1 is 1.19 bits per heavy atom. The largest absolute Gasteiger partial charge is 0.468 e. The molecule has 1 saturated heterocycles. The van der Waals surface area contributed by atoms with E-state index in [1.54, 1.807) is 0 Å². The molecule has 0 atom stereocenters. The number of rotatable bonds is 3. The van der Waals surface area contributed by atoms with E-state index >= 15 is 0 Å². The van der Waals surface area contributed by atoms with E-state index in [4.69, 9.17) is 9.47 Å². The Bertz CT molecular complexity index is 301. The van der Waals surface area contributed by atoms with Crippen LogP contribution in [0.3, 0.4) is 0 Å². The van der Waals surface area contributed by atoms with Gasteiger partial charge >= 0.3 is 11.9 Å². The predicted molar refractivity (Wildman–Crippen MR) is 55.7 cm³/mol. The van der Waals surface area contributed by atoms with Crippen molar-refractivity contribution in [2.45, 2.75) is 12.8 Å². The van der Waals surface area contributed by atoms with Crippen molar-refractivity contribution in [2.75, 3.05) is 27.4 Å². The molecule has 0 aromatic heterocycles. The molecule has 1 fully saturated rings. The van der Waals surface area contributed by atoms with Crippen LogP contribution in [0.25, 0.3) is 0 Å². The molecular formula is C11H16O5. The molecule has 1 heterocycles. The summed E-state index contributed by atoms with van der Waals surface area (Å²) < 4.78 is 14.5. The maximum Gasteiger partial charge on any atom is 0.334 e. The lowest BCUT2D eigenvalue weighted by molar-refractivity contribution is -0.158. The lowest BCUT2D eigenvalue weighted by Crippen LogP contribution is -2.42. The number of methoxy groups -OCH3 is 2. The molecule has 0 bridgehead atoms. The van der Waals surface area contributed by atoms with E-state index in [1.165, 1.54) is 14.2 Å². The van der Waals surface area contributed by atoms with Crippen LogP contribution >= 0.6 is 0 Å². The summed E-state index contributed by atoms with van der Waals surface area (Å²) in [6.07, 6.45) is 0.793. The molecule has 0 spiro atoms. The van der Waals surface area contributed by atoms with Crippen LogP contribution in [0.5, 0.6) is 0 Å². The maximum absolute atomic E-state index is 11.8. The molecule has 16 heavy (non-hydrogen) atoms. The topological polar surface area (TPSA) is 61.8 Å². The third kappa shape index (κ3) is 2.09. The molecule has 0 aromatic carbocycles. The Kier molecular flexibility index (Phi) is 4.06. The fourth-order valence-corrected chi connectivity index (χ4v) is 1.86. The first kappa shape index (κ1) is 12.7. The van der Waals surface area contributed by atoms with Gasteiger partial charge in [-0.25, -0.2) is 4.79 Å². The van der Waals surface area contributed by atoms with Crippen LogP contribution < -0.4 is 0 Å². The van der Waals surface area contributed by atoms with E-state index in [9.17, 15) is 9.59 Å². The van der Waals surface area contributed by atoms with Gasteiger partial charge in [0.1, 0.15) is 5.41 Å². The molecule has 90 valence electrons. The predicted octanol–water partition coefficient (Wildman–Crippen LogP) is 0.685. The SMILES string of the molecule is C=C(C(=O)OC)C1(C(=O)OC)CCOCC1. The molecule has 1 aliphatic heterocycles. The minimum Gasteiger partial charge on any atom is -0.468 e. The van der Waals surface area contributed by atoms with Crippen molar-refractivity contribution in [3.63, 3.8) is 0 Å². The Morgan fingerprint density at radius 2 is 1.75 bits per heavy atom. The Labute approximate surface area is 94.4 Å². The molecule has 0 aliphatic carbocycles. The first-order valence-corrected chi connectivity index (χ1v) is 5.02. The monoisotopic (exact) mass is 228 g/mol. The second-order valence-electron chi connectivity index (χ2n) is 3.66. The van der Waals surface area contributed by atoms with E-state index in [-0.39, 0.29) is 5.57 Å². The standard InChI is InChI=1S/C11H16O5/c1-8(9(12)14-2)11(10(13)15-3)4-6-16-7-5-11/h1,4-7H2,2-3H3. The van der Waals surface area contributed by atoms with Crippen LogP contribution in [0.1, 0.15) is 12.8 Å². The first-order chi connectivity index (χ1) is 7.58. The molecule has 0 radical (unpaired) electrons. The van der Waals surface area contributed by atoms with Gasteiger partial charge in [0.2, 0.25) is 0 Å². The summed E-state index contributed by atoms with van der Waals surface area (Å²) in [6, 6.07) is 0. The van der Waals surface area contributed by atoms with Crippen LogP contribution in [-0.4, -0.2) is 39.4 Å². The Morgan fingerprint density at radius 3 is 2.19 bits per heavy atom. The van der Waals surface area contributed by atoms with E-state index < -0.39 is 17.4 Å². The van der Waals surface area contributed by atoms with Crippen molar-refractivity contribution >= 4 is 11.9 Å². The van der Waals surface area contributed by atoms with Gasteiger partial charge in [0.25, 0.3) is 0 Å². The van der Waals surface area contributed by atoms with Gasteiger partial charge in [0.15, 0.2) is 0 Å². The second kappa shape index (κ2) is 5.12. The van der Waals surface area contributed by atoms with E-state index in [0.29, 0.717) is 26.1 Å². The second-order valence-corrected chi connectivity index (χ2v) is 3.66. The number of esters is 2. The Balaban J connectivity index is 2.98. The molecular weight excluding hydrogens is 212 g/mol. The molecule has 0 unspecified atom stereocenters. The van der Waals surface area contributed by atoms with E-state index in [2.05, 4.69) is 11.3 Å². The third-order valence-electron chi connectivity index (χ3n) is 2.93. The summed E-state index contributed by atoms with van der Waals surface area (Å²) >= 11 is 0. The first-order valence-electron chi connectivity index (χ1n) is 5.02. The van der Waals surface area contributed by atoms with Crippen molar-refractivity contribution in [2.24, 2.45) is 5.41 Å². The van der Waals surface area contributed by atoms with Gasteiger partial charge in [-0.05, 0) is 12.8 Å². The van der Waals surface area contributed by atoms with Crippen molar-refractivity contribution in [1.29, 1.82) is 0 Å². The average molecular weight is 228 g/mol.